The van der Waals surface area contributed by atoms with E-state index in [4.69, 9.17) is 0 Å². The van der Waals surface area contributed by atoms with Crippen LogP contribution in [0.3, 0.4) is 0 Å². The third-order valence-corrected chi connectivity index (χ3v) is 4.92. The second-order valence-electron chi connectivity index (χ2n) is 6.51. The number of hydrogen-bond acceptors (Lipinski definition) is 2. The number of aryl methyl sites for hydroxylation is 1. The van der Waals surface area contributed by atoms with Crippen molar-refractivity contribution in [2.75, 3.05) is 19.6 Å². The molecule has 4 heterocycles. The Labute approximate surface area is 124 Å². The Balaban J connectivity index is 1.50. The van der Waals surface area contributed by atoms with Crippen LogP contribution in [0.2, 0.25) is 0 Å². The van der Waals surface area contributed by atoms with Gasteiger partial charge in [0.1, 0.15) is 0 Å². The van der Waals surface area contributed by atoms with E-state index >= 15 is 0 Å². The van der Waals surface area contributed by atoms with E-state index in [1.54, 1.807) is 0 Å². The maximum Gasteiger partial charge on any atom is 0.251 e. The molecular weight excluding hydrogens is 262 g/mol. The summed E-state index contributed by atoms with van der Waals surface area (Å²) in [6, 6.07) is 8.32. The fraction of sp³-hybridized carbons (Fsp3) is 0.471. The third-order valence-electron chi connectivity index (χ3n) is 4.92. The summed E-state index contributed by atoms with van der Waals surface area (Å²) < 4.78 is 2.10. The monoisotopic (exact) mass is 283 g/mol. The van der Waals surface area contributed by atoms with Gasteiger partial charge in [-0.05, 0) is 56.5 Å². The topological polar surface area (TPSA) is 36.8 Å². The first-order valence-corrected chi connectivity index (χ1v) is 7.80. The largest absolute Gasteiger partial charge is 0.348 e. The quantitative estimate of drug-likeness (QED) is 0.916. The number of fused-ring (bicyclic) bond motifs is 3. The van der Waals surface area contributed by atoms with Crippen molar-refractivity contribution in [1.82, 2.24) is 14.6 Å². The molecule has 2 bridgehead atoms. The second kappa shape index (κ2) is 4.88. The van der Waals surface area contributed by atoms with Crippen LogP contribution < -0.4 is 5.32 Å². The minimum absolute atomic E-state index is 0.0591. The molecule has 2 aromatic rings. The predicted molar refractivity (Wildman–Crippen MR) is 82.6 cm³/mol. The van der Waals surface area contributed by atoms with Crippen LogP contribution in [0.4, 0.5) is 0 Å². The third kappa shape index (κ3) is 2.33. The number of aromatic nitrogens is 1. The zero-order chi connectivity index (χ0) is 14.4. The van der Waals surface area contributed by atoms with E-state index in [1.165, 1.54) is 25.2 Å². The number of pyridine rings is 1. The van der Waals surface area contributed by atoms with E-state index in [9.17, 15) is 4.79 Å². The van der Waals surface area contributed by atoms with Crippen LogP contribution in [0, 0.1) is 12.8 Å². The Kier molecular flexibility index (Phi) is 3.00. The lowest BCUT2D eigenvalue weighted by atomic mass is 9.96. The molecule has 1 amide bonds. The lowest BCUT2D eigenvalue weighted by Crippen LogP contribution is -2.47. The Hall–Kier alpha value is -1.81. The van der Waals surface area contributed by atoms with Gasteiger partial charge in [0.2, 0.25) is 0 Å². The zero-order valence-electron chi connectivity index (χ0n) is 12.4. The van der Waals surface area contributed by atoms with Crippen LogP contribution in [0.1, 0.15) is 28.9 Å². The standard InChI is InChI=1S/C17H21N3O/c1-12-2-3-16-9-14(5-7-20(12)16)17(21)18-15-8-13-4-6-19(10-13)11-15/h2-3,5,7,9,13,15H,4,6,8,10-11H2,1H3,(H,18,21). The molecule has 0 radical (unpaired) electrons. The number of piperidine rings is 1. The van der Waals surface area contributed by atoms with Gasteiger partial charge in [-0.1, -0.05) is 0 Å². The van der Waals surface area contributed by atoms with E-state index in [-0.39, 0.29) is 5.91 Å². The highest BCUT2D eigenvalue weighted by Crippen LogP contribution is 2.26. The van der Waals surface area contributed by atoms with Crippen molar-refractivity contribution in [3.05, 3.63) is 41.7 Å². The van der Waals surface area contributed by atoms with Gasteiger partial charge in [0.25, 0.3) is 5.91 Å². The van der Waals surface area contributed by atoms with Gasteiger partial charge in [0, 0.05) is 42.1 Å². The Morgan fingerprint density at radius 1 is 1.29 bits per heavy atom. The molecule has 0 aliphatic carbocycles. The average molecular weight is 283 g/mol. The highest BCUT2D eigenvalue weighted by molar-refractivity contribution is 5.95. The lowest BCUT2D eigenvalue weighted by Gasteiger charge is -2.30. The molecule has 2 aliphatic heterocycles. The predicted octanol–water partition coefficient (Wildman–Crippen LogP) is 2.07. The van der Waals surface area contributed by atoms with E-state index in [0.29, 0.717) is 6.04 Å². The van der Waals surface area contributed by atoms with E-state index in [0.717, 1.165) is 30.0 Å². The molecule has 4 nitrogen and oxygen atoms in total. The Morgan fingerprint density at radius 3 is 3.05 bits per heavy atom. The number of carbonyl (C=O) groups excluding carboxylic acids is 1. The van der Waals surface area contributed by atoms with Gasteiger partial charge in [-0.2, -0.15) is 0 Å². The number of rotatable bonds is 2. The molecule has 0 spiro atoms. The van der Waals surface area contributed by atoms with Gasteiger partial charge in [-0.15, -0.1) is 0 Å². The maximum absolute atomic E-state index is 12.5. The summed E-state index contributed by atoms with van der Waals surface area (Å²) in [5.41, 5.74) is 3.02. The maximum atomic E-state index is 12.5. The minimum atomic E-state index is 0.0591. The molecule has 4 rings (SSSR count). The molecule has 21 heavy (non-hydrogen) atoms. The van der Waals surface area contributed by atoms with Gasteiger partial charge in [0.15, 0.2) is 0 Å². The van der Waals surface area contributed by atoms with Gasteiger partial charge < -0.3 is 14.6 Å². The highest BCUT2D eigenvalue weighted by Gasteiger charge is 2.32. The molecule has 2 aliphatic rings. The number of hydrogen-bond donors (Lipinski definition) is 1. The minimum Gasteiger partial charge on any atom is -0.348 e. The van der Waals surface area contributed by atoms with Crippen LogP contribution >= 0.6 is 0 Å². The molecule has 2 fully saturated rings. The van der Waals surface area contributed by atoms with E-state index in [1.807, 2.05) is 18.3 Å². The highest BCUT2D eigenvalue weighted by atomic mass is 16.1. The van der Waals surface area contributed by atoms with Crippen molar-refractivity contribution >= 4 is 11.4 Å². The van der Waals surface area contributed by atoms with Crippen LogP contribution in [0.5, 0.6) is 0 Å². The number of carbonyl (C=O) groups is 1. The molecule has 0 aromatic carbocycles. The summed E-state index contributed by atoms with van der Waals surface area (Å²) in [6.45, 7) is 5.50. The number of amides is 1. The van der Waals surface area contributed by atoms with Gasteiger partial charge in [-0.25, -0.2) is 0 Å². The number of nitrogens with one attached hydrogen (secondary N) is 1. The first-order chi connectivity index (χ1) is 10.2. The fourth-order valence-electron chi connectivity index (χ4n) is 3.83. The van der Waals surface area contributed by atoms with Gasteiger partial charge in [0.05, 0.1) is 0 Å². The summed E-state index contributed by atoms with van der Waals surface area (Å²) >= 11 is 0. The normalized spacial score (nSPS) is 28.0. The van der Waals surface area contributed by atoms with E-state index < -0.39 is 0 Å². The van der Waals surface area contributed by atoms with Gasteiger partial charge >= 0.3 is 0 Å². The van der Waals surface area contributed by atoms with Crippen molar-refractivity contribution < 1.29 is 4.79 Å². The lowest BCUT2D eigenvalue weighted by molar-refractivity contribution is 0.0909. The molecular formula is C17H21N3O. The van der Waals surface area contributed by atoms with Crippen LogP contribution in [-0.4, -0.2) is 40.9 Å². The first-order valence-electron chi connectivity index (χ1n) is 7.80. The van der Waals surface area contributed by atoms with Crippen LogP contribution in [0.25, 0.3) is 5.52 Å². The van der Waals surface area contributed by atoms with Crippen molar-refractivity contribution in [2.24, 2.45) is 5.92 Å². The molecule has 3 atom stereocenters. The van der Waals surface area contributed by atoms with Crippen molar-refractivity contribution in [1.29, 1.82) is 0 Å². The van der Waals surface area contributed by atoms with Crippen molar-refractivity contribution in [2.45, 2.75) is 25.8 Å². The number of nitrogens with zero attached hydrogens (tertiary/aromatic N) is 2. The molecule has 0 saturated carbocycles. The van der Waals surface area contributed by atoms with E-state index in [2.05, 4.69) is 33.7 Å². The zero-order valence-corrected chi connectivity index (χ0v) is 12.4. The second-order valence-corrected chi connectivity index (χ2v) is 6.51. The Morgan fingerprint density at radius 2 is 2.19 bits per heavy atom. The summed E-state index contributed by atoms with van der Waals surface area (Å²) in [4.78, 5) is 14.9. The molecule has 4 heteroatoms. The smallest absolute Gasteiger partial charge is 0.251 e. The average Bonchev–Trinajstić information content (AvgIpc) is 3.02. The Bertz CT molecular complexity index is 678. The summed E-state index contributed by atoms with van der Waals surface area (Å²) in [6.07, 6.45) is 4.41. The summed E-state index contributed by atoms with van der Waals surface area (Å²) in [7, 11) is 0. The van der Waals surface area contributed by atoms with Crippen molar-refractivity contribution in [3.8, 4) is 0 Å². The molecule has 1 N–H and O–H groups in total. The molecule has 110 valence electrons. The van der Waals surface area contributed by atoms with Gasteiger partial charge in [-0.3, -0.25) is 4.79 Å². The van der Waals surface area contributed by atoms with Crippen LogP contribution in [-0.2, 0) is 0 Å². The summed E-state index contributed by atoms with van der Waals surface area (Å²) in [5.74, 6) is 0.837. The summed E-state index contributed by atoms with van der Waals surface area (Å²) in [5, 5.41) is 3.22. The van der Waals surface area contributed by atoms with Crippen LogP contribution in [0.15, 0.2) is 30.5 Å². The first kappa shape index (κ1) is 12.9. The molecule has 3 unspecified atom stereocenters. The molecule has 2 aromatic heterocycles. The fourth-order valence-corrected chi connectivity index (χ4v) is 3.83. The molecule has 2 saturated heterocycles. The SMILES string of the molecule is Cc1ccc2cc(C(=O)NC3CC4CCN(C4)C3)ccn12. The van der Waals surface area contributed by atoms with Crippen molar-refractivity contribution in [3.63, 3.8) is 0 Å².